The molecule has 4 aromatic rings. The summed E-state index contributed by atoms with van der Waals surface area (Å²) in [4.78, 5) is 36.3. The largest absolute Gasteiger partial charge is 0.444 e. The number of para-hydroxylation sites is 1. The van der Waals surface area contributed by atoms with Gasteiger partial charge in [0.2, 0.25) is 0 Å². The highest BCUT2D eigenvalue weighted by molar-refractivity contribution is 6.05. The van der Waals surface area contributed by atoms with Gasteiger partial charge < -0.3 is 20.7 Å². The highest BCUT2D eigenvalue weighted by Gasteiger charge is 2.49. The quantitative estimate of drug-likeness (QED) is 0.388. The Bertz CT molecular complexity index is 1540. The van der Waals surface area contributed by atoms with Crippen LogP contribution in [0, 0.1) is 5.92 Å². The summed E-state index contributed by atoms with van der Waals surface area (Å²) in [6.45, 7) is 6.31. The summed E-state index contributed by atoms with van der Waals surface area (Å²) in [6.07, 6.45) is 2.93. The number of hydrogen-bond donors (Lipinski definition) is 2. The molecule has 3 N–H and O–H groups in total. The number of nitrogen functional groups attached to an aromatic ring is 1. The molecule has 2 fully saturated rings. The molecule has 39 heavy (non-hydrogen) atoms. The summed E-state index contributed by atoms with van der Waals surface area (Å²) in [5.74, 6) is 0.506. The number of nitrogens with one attached hydrogen (secondary N) is 1. The van der Waals surface area contributed by atoms with Crippen molar-refractivity contribution < 1.29 is 14.3 Å². The molecule has 0 radical (unpaired) electrons. The first-order chi connectivity index (χ1) is 18.7. The van der Waals surface area contributed by atoms with Crippen LogP contribution in [0.2, 0.25) is 0 Å². The molecular formula is C29H31N7O3. The van der Waals surface area contributed by atoms with Gasteiger partial charge in [0.15, 0.2) is 5.65 Å². The van der Waals surface area contributed by atoms with Gasteiger partial charge in [-0.2, -0.15) is 5.10 Å². The Morgan fingerprint density at radius 3 is 2.41 bits per heavy atom. The first-order valence-corrected chi connectivity index (χ1v) is 13.1. The van der Waals surface area contributed by atoms with E-state index in [-0.39, 0.29) is 24.1 Å². The van der Waals surface area contributed by atoms with Crippen molar-refractivity contribution in [2.75, 3.05) is 17.6 Å². The minimum Gasteiger partial charge on any atom is -0.444 e. The summed E-state index contributed by atoms with van der Waals surface area (Å²) in [5, 5.41) is 8.54. The minimum absolute atomic E-state index is 0.0407. The molecule has 2 aromatic carbocycles. The van der Waals surface area contributed by atoms with Gasteiger partial charge in [-0.05, 0) is 63.8 Å². The van der Waals surface area contributed by atoms with Gasteiger partial charge >= 0.3 is 6.09 Å². The maximum atomic E-state index is 13.0. The number of carbonyl (C=O) groups excluding carboxylic acids is 2. The van der Waals surface area contributed by atoms with E-state index in [9.17, 15) is 9.59 Å². The standard InChI is InChI=1S/C29H31N7O3/c1-29(2,3)39-28(38)35-15-17-13-21(35)22(14-17)36-26-23(25(30)31-16-32-26)24(34-36)18-9-11-19(12-10-18)27(37)33-20-7-5-4-6-8-20/h4-12,16-17,21-22H,13-15H2,1-3H3,(H,33,37)(H2,30,31,32). The average Bonchev–Trinajstić information content (AvgIpc) is 3.62. The zero-order valence-corrected chi connectivity index (χ0v) is 22.2. The lowest BCUT2D eigenvalue weighted by Crippen LogP contribution is -2.45. The van der Waals surface area contributed by atoms with Crippen molar-refractivity contribution in [1.29, 1.82) is 0 Å². The number of rotatable bonds is 4. The molecule has 3 heterocycles. The fraction of sp³-hybridized carbons (Fsp3) is 0.345. The van der Waals surface area contributed by atoms with Crippen molar-refractivity contribution in [3.8, 4) is 11.3 Å². The Morgan fingerprint density at radius 2 is 1.72 bits per heavy atom. The molecule has 1 aliphatic heterocycles. The second-order valence-electron chi connectivity index (χ2n) is 11.3. The van der Waals surface area contributed by atoms with E-state index in [1.54, 1.807) is 12.1 Å². The highest BCUT2D eigenvalue weighted by Crippen LogP contribution is 2.46. The molecule has 1 aliphatic carbocycles. The number of nitrogens with two attached hydrogens (primary N) is 1. The molecule has 10 nitrogen and oxygen atoms in total. The van der Waals surface area contributed by atoms with Crippen molar-refractivity contribution in [3.63, 3.8) is 0 Å². The molecule has 200 valence electrons. The first kappa shape index (κ1) is 24.8. The number of likely N-dealkylation sites (tertiary alicyclic amines) is 1. The van der Waals surface area contributed by atoms with Crippen LogP contribution in [0.3, 0.4) is 0 Å². The number of piperidine rings is 1. The van der Waals surface area contributed by atoms with Gasteiger partial charge in [-0.1, -0.05) is 30.3 Å². The minimum atomic E-state index is -0.564. The van der Waals surface area contributed by atoms with Gasteiger partial charge in [0.05, 0.1) is 17.5 Å². The number of hydrogen-bond acceptors (Lipinski definition) is 7. The fourth-order valence-electron chi connectivity index (χ4n) is 5.72. The molecule has 1 saturated heterocycles. The molecule has 10 heteroatoms. The Balaban J connectivity index is 1.31. The lowest BCUT2D eigenvalue weighted by molar-refractivity contribution is 0.0135. The van der Waals surface area contributed by atoms with Gasteiger partial charge in [-0.3, -0.25) is 4.79 Å². The molecule has 2 aliphatic rings. The lowest BCUT2D eigenvalue weighted by atomic mass is 10.1. The third-order valence-electron chi connectivity index (χ3n) is 7.36. The second kappa shape index (κ2) is 9.37. The summed E-state index contributed by atoms with van der Waals surface area (Å²) >= 11 is 0. The number of benzene rings is 2. The Labute approximate surface area is 226 Å². The zero-order chi connectivity index (χ0) is 27.3. The predicted molar refractivity (Wildman–Crippen MR) is 148 cm³/mol. The van der Waals surface area contributed by atoms with E-state index in [1.807, 2.05) is 72.8 Å². The van der Waals surface area contributed by atoms with E-state index in [2.05, 4.69) is 15.3 Å². The van der Waals surface area contributed by atoms with Gasteiger partial charge in [0, 0.05) is 23.4 Å². The lowest BCUT2D eigenvalue weighted by Gasteiger charge is -2.34. The van der Waals surface area contributed by atoms with Crippen LogP contribution in [0.15, 0.2) is 60.9 Å². The van der Waals surface area contributed by atoms with Crippen molar-refractivity contribution in [2.24, 2.45) is 5.92 Å². The summed E-state index contributed by atoms with van der Waals surface area (Å²) in [5.41, 5.74) is 9.10. The van der Waals surface area contributed by atoms with Gasteiger partial charge in [-0.25, -0.2) is 19.4 Å². The second-order valence-corrected chi connectivity index (χ2v) is 11.3. The van der Waals surface area contributed by atoms with E-state index in [1.165, 1.54) is 6.33 Å². The molecular weight excluding hydrogens is 494 g/mol. The summed E-state index contributed by atoms with van der Waals surface area (Å²) in [6, 6.07) is 16.5. The first-order valence-electron chi connectivity index (χ1n) is 13.1. The van der Waals surface area contributed by atoms with E-state index in [0.29, 0.717) is 40.6 Å². The maximum Gasteiger partial charge on any atom is 0.410 e. The zero-order valence-electron chi connectivity index (χ0n) is 22.2. The molecule has 6 rings (SSSR count). The van der Waals surface area contributed by atoms with Crippen molar-refractivity contribution >= 4 is 34.5 Å². The molecule has 1 saturated carbocycles. The van der Waals surface area contributed by atoms with Crippen LogP contribution in [0.5, 0.6) is 0 Å². The number of aromatic nitrogens is 4. The van der Waals surface area contributed by atoms with Crippen LogP contribution in [-0.2, 0) is 4.74 Å². The third-order valence-corrected chi connectivity index (χ3v) is 7.36. The molecule has 3 unspecified atom stereocenters. The SMILES string of the molecule is CC(C)(C)OC(=O)N1CC2CC1C(n1nc(-c3ccc(C(=O)Nc4ccccc4)cc3)c3c(N)ncnc31)C2. The molecule has 3 atom stereocenters. The van der Waals surface area contributed by atoms with E-state index < -0.39 is 5.60 Å². The van der Waals surface area contributed by atoms with Crippen molar-refractivity contribution in [3.05, 3.63) is 66.5 Å². The number of fused-ring (bicyclic) bond motifs is 3. The van der Waals surface area contributed by atoms with Crippen LogP contribution in [0.1, 0.15) is 50.0 Å². The molecule has 0 spiro atoms. The topological polar surface area (TPSA) is 128 Å². The van der Waals surface area contributed by atoms with Gasteiger partial charge in [0.1, 0.15) is 23.4 Å². The van der Waals surface area contributed by atoms with Gasteiger partial charge in [-0.15, -0.1) is 0 Å². The van der Waals surface area contributed by atoms with Crippen LogP contribution in [-0.4, -0.2) is 54.8 Å². The Kier molecular flexibility index (Phi) is 5.97. The van der Waals surface area contributed by atoms with E-state index >= 15 is 0 Å². The van der Waals surface area contributed by atoms with E-state index in [0.717, 1.165) is 24.1 Å². The molecule has 2 bridgehead atoms. The van der Waals surface area contributed by atoms with Crippen molar-refractivity contribution in [2.45, 2.75) is 51.3 Å². The molecule has 2 amide bonds. The number of anilines is 2. The number of amides is 2. The van der Waals surface area contributed by atoms with Crippen LogP contribution in [0.4, 0.5) is 16.3 Å². The summed E-state index contributed by atoms with van der Waals surface area (Å²) < 4.78 is 7.59. The normalized spacial score (nSPS) is 20.4. The van der Waals surface area contributed by atoms with Crippen LogP contribution >= 0.6 is 0 Å². The Morgan fingerprint density at radius 1 is 1.00 bits per heavy atom. The third kappa shape index (κ3) is 4.67. The smallest absolute Gasteiger partial charge is 0.410 e. The number of ether oxygens (including phenoxy) is 1. The fourth-order valence-corrected chi connectivity index (χ4v) is 5.72. The number of carbonyl (C=O) groups is 2. The highest BCUT2D eigenvalue weighted by atomic mass is 16.6. The van der Waals surface area contributed by atoms with Crippen LogP contribution in [0.25, 0.3) is 22.3 Å². The van der Waals surface area contributed by atoms with Gasteiger partial charge in [0.25, 0.3) is 5.91 Å². The maximum absolute atomic E-state index is 13.0. The van der Waals surface area contributed by atoms with Crippen molar-refractivity contribution in [1.82, 2.24) is 24.6 Å². The monoisotopic (exact) mass is 525 g/mol. The predicted octanol–water partition coefficient (Wildman–Crippen LogP) is 4.90. The average molecular weight is 526 g/mol. The van der Waals surface area contributed by atoms with E-state index in [4.69, 9.17) is 15.6 Å². The summed E-state index contributed by atoms with van der Waals surface area (Å²) in [7, 11) is 0. The number of nitrogens with zero attached hydrogens (tertiary/aromatic N) is 5. The molecule has 2 aromatic heterocycles. The Hall–Kier alpha value is -4.47. The van der Waals surface area contributed by atoms with Crippen LogP contribution < -0.4 is 11.1 Å².